The van der Waals surface area contributed by atoms with E-state index in [9.17, 15) is 4.79 Å². The Morgan fingerprint density at radius 2 is 1.96 bits per heavy atom. The lowest BCUT2D eigenvalue weighted by Gasteiger charge is -2.39. The molecule has 1 aliphatic heterocycles. The van der Waals surface area contributed by atoms with E-state index in [1.54, 1.807) is 18.5 Å². The molecule has 2 aromatic heterocycles. The molecule has 4 heteroatoms. The molecule has 0 N–H and O–H groups in total. The van der Waals surface area contributed by atoms with Crippen LogP contribution in [0, 0.1) is 6.92 Å². The summed E-state index contributed by atoms with van der Waals surface area (Å²) in [6, 6.07) is 14.1. The molecule has 1 amide bonds. The molecule has 0 aliphatic carbocycles. The third-order valence-corrected chi connectivity index (χ3v) is 4.46. The van der Waals surface area contributed by atoms with Gasteiger partial charge >= 0.3 is 0 Å². The number of aromatic nitrogens is 2. The Bertz CT molecular complexity index is 884. The third kappa shape index (κ3) is 2.46. The molecule has 4 nitrogen and oxygen atoms in total. The highest BCUT2D eigenvalue weighted by molar-refractivity contribution is 5.96. The van der Waals surface area contributed by atoms with Crippen molar-refractivity contribution in [2.24, 2.45) is 0 Å². The minimum absolute atomic E-state index is 0.0851. The van der Waals surface area contributed by atoms with Gasteiger partial charge in [0, 0.05) is 48.0 Å². The van der Waals surface area contributed by atoms with Gasteiger partial charge in [0.25, 0.3) is 5.91 Å². The molecule has 0 unspecified atom stereocenters. The molecule has 1 saturated heterocycles. The van der Waals surface area contributed by atoms with Gasteiger partial charge in [0.1, 0.15) is 0 Å². The number of benzene rings is 1. The van der Waals surface area contributed by atoms with Crippen LogP contribution in [-0.4, -0.2) is 33.9 Å². The summed E-state index contributed by atoms with van der Waals surface area (Å²) in [4.78, 5) is 23.2. The molecule has 3 aromatic rings. The average molecular weight is 303 g/mol. The van der Waals surface area contributed by atoms with E-state index in [-0.39, 0.29) is 5.91 Å². The van der Waals surface area contributed by atoms with E-state index in [0.717, 1.165) is 40.8 Å². The lowest BCUT2D eigenvalue weighted by Crippen LogP contribution is -2.48. The van der Waals surface area contributed by atoms with Crippen LogP contribution in [0.2, 0.25) is 0 Å². The number of hydrogen-bond donors (Lipinski definition) is 0. The van der Waals surface area contributed by atoms with Crippen LogP contribution < -0.4 is 0 Å². The van der Waals surface area contributed by atoms with Gasteiger partial charge in [0.2, 0.25) is 0 Å². The monoisotopic (exact) mass is 303 g/mol. The summed E-state index contributed by atoms with van der Waals surface area (Å²) < 4.78 is 0. The Balaban J connectivity index is 1.50. The van der Waals surface area contributed by atoms with Crippen molar-refractivity contribution >= 4 is 16.8 Å². The SMILES string of the molecule is Cc1cnccc1C(=O)N1CC(c2ccc3ccccc3n2)C1. The summed E-state index contributed by atoms with van der Waals surface area (Å²) >= 11 is 0. The molecule has 0 atom stereocenters. The highest BCUT2D eigenvalue weighted by Gasteiger charge is 2.33. The predicted octanol–water partition coefficient (Wildman–Crippen LogP) is 3.18. The molecular weight excluding hydrogens is 286 g/mol. The number of carbonyl (C=O) groups excluding carboxylic acids is 1. The van der Waals surface area contributed by atoms with Gasteiger partial charge in [-0.05, 0) is 30.7 Å². The maximum atomic E-state index is 12.5. The van der Waals surface area contributed by atoms with Crippen molar-refractivity contribution in [2.75, 3.05) is 13.1 Å². The zero-order chi connectivity index (χ0) is 15.8. The highest BCUT2D eigenvalue weighted by atomic mass is 16.2. The Morgan fingerprint density at radius 3 is 2.78 bits per heavy atom. The molecular formula is C19H17N3O. The second kappa shape index (κ2) is 5.47. The second-order valence-corrected chi connectivity index (χ2v) is 6.03. The molecule has 0 saturated carbocycles. The quantitative estimate of drug-likeness (QED) is 0.730. The molecule has 23 heavy (non-hydrogen) atoms. The molecule has 1 aromatic carbocycles. The lowest BCUT2D eigenvalue weighted by atomic mass is 9.94. The van der Waals surface area contributed by atoms with E-state index < -0.39 is 0 Å². The fraction of sp³-hybridized carbons (Fsp3) is 0.211. The Labute approximate surface area is 134 Å². The van der Waals surface area contributed by atoms with Crippen LogP contribution in [0.1, 0.15) is 27.5 Å². The van der Waals surface area contributed by atoms with Crippen LogP contribution in [0.5, 0.6) is 0 Å². The van der Waals surface area contributed by atoms with Gasteiger partial charge in [0.05, 0.1) is 5.52 Å². The number of carbonyl (C=O) groups is 1. The largest absolute Gasteiger partial charge is 0.337 e. The first-order valence-corrected chi connectivity index (χ1v) is 7.78. The number of aryl methyl sites for hydroxylation is 1. The second-order valence-electron chi connectivity index (χ2n) is 6.03. The van der Waals surface area contributed by atoms with Gasteiger partial charge in [-0.15, -0.1) is 0 Å². The van der Waals surface area contributed by atoms with E-state index in [2.05, 4.69) is 23.2 Å². The molecule has 3 heterocycles. The topological polar surface area (TPSA) is 46.1 Å². The summed E-state index contributed by atoms with van der Waals surface area (Å²) in [5.74, 6) is 0.410. The first-order chi connectivity index (χ1) is 11.2. The number of fused-ring (bicyclic) bond motifs is 1. The van der Waals surface area contributed by atoms with E-state index in [1.165, 1.54) is 0 Å². The van der Waals surface area contributed by atoms with Crippen molar-refractivity contribution in [2.45, 2.75) is 12.8 Å². The number of rotatable bonds is 2. The molecule has 114 valence electrons. The van der Waals surface area contributed by atoms with Crippen LogP contribution in [0.25, 0.3) is 10.9 Å². The van der Waals surface area contributed by atoms with Crippen LogP contribution in [0.3, 0.4) is 0 Å². The highest BCUT2D eigenvalue weighted by Crippen LogP contribution is 2.28. The van der Waals surface area contributed by atoms with Crippen LogP contribution in [0.4, 0.5) is 0 Å². The zero-order valence-electron chi connectivity index (χ0n) is 12.9. The van der Waals surface area contributed by atoms with Crippen molar-refractivity contribution in [1.29, 1.82) is 0 Å². The summed E-state index contributed by atoms with van der Waals surface area (Å²) in [5, 5.41) is 1.15. The number of nitrogens with zero attached hydrogens (tertiary/aromatic N) is 3. The number of para-hydroxylation sites is 1. The number of pyridine rings is 2. The smallest absolute Gasteiger partial charge is 0.254 e. The molecule has 4 rings (SSSR count). The number of hydrogen-bond acceptors (Lipinski definition) is 3. The minimum atomic E-state index is 0.0851. The molecule has 0 spiro atoms. The summed E-state index contributed by atoms with van der Waals surface area (Å²) in [5.41, 5.74) is 3.74. The molecule has 0 radical (unpaired) electrons. The number of amides is 1. The molecule has 1 aliphatic rings. The fourth-order valence-corrected chi connectivity index (χ4v) is 3.02. The maximum absolute atomic E-state index is 12.5. The van der Waals surface area contributed by atoms with E-state index >= 15 is 0 Å². The average Bonchev–Trinajstić information content (AvgIpc) is 2.53. The predicted molar refractivity (Wildman–Crippen MR) is 89.4 cm³/mol. The Hall–Kier alpha value is -2.75. The first-order valence-electron chi connectivity index (χ1n) is 7.78. The lowest BCUT2D eigenvalue weighted by molar-refractivity contribution is 0.0598. The zero-order valence-corrected chi connectivity index (χ0v) is 12.9. The van der Waals surface area contributed by atoms with Crippen molar-refractivity contribution < 1.29 is 4.79 Å². The molecule has 0 bridgehead atoms. The maximum Gasteiger partial charge on any atom is 0.254 e. The third-order valence-electron chi connectivity index (χ3n) is 4.46. The summed E-state index contributed by atoms with van der Waals surface area (Å²) in [7, 11) is 0. The van der Waals surface area contributed by atoms with E-state index in [0.29, 0.717) is 5.92 Å². The van der Waals surface area contributed by atoms with E-state index in [1.807, 2.05) is 30.0 Å². The Morgan fingerprint density at radius 1 is 1.13 bits per heavy atom. The van der Waals surface area contributed by atoms with Gasteiger partial charge in [-0.1, -0.05) is 24.3 Å². The summed E-state index contributed by atoms with van der Waals surface area (Å²) in [6.45, 7) is 3.38. The van der Waals surface area contributed by atoms with Crippen molar-refractivity contribution in [1.82, 2.24) is 14.9 Å². The number of likely N-dealkylation sites (tertiary alicyclic amines) is 1. The van der Waals surface area contributed by atoms with Crippen molar-refractivity contribution in [3.05, 3.63) is 71.7 Å². The summed E-state index contributed by atoms with van der Waals surface area (Å²) in [6.07, 6.45) is 3.40. The van der Waals surface area contributed by atoms with Crippen molar-refractivity contribution in [3.63, 3.8) is 0 Å². The fourth-order valence-electron chi connectivity index (χ4n) is 3.02. The van der Waals surface area contributed by atoms with Gasteiger partial charge < -0.3 is 4.90 Å². The minimum Gasteiger partial charge on any atom is -0.337 e. The van der Waals surface area contributed by atoms with Gasteiger partial charge in [0.15, 0.2) is 0 Å². The van der Waals surface area contributed by atoms with Crippen LogP contribution in [0.15, 0.2) is 54.9 Å². The van der Waals surface area contributed by atoms with Crippen LogP contribution >= 0.6 is 0 Å². The molecule has 1 fully saturated rings. The van der Waals surface area contributed by atoms with Gasteiger partial charge in [-0.25, -0.2) is 0 Å². The van der Waals surface area contributed by atoms with Crippen LogP contribution in [-0.2, 0) is 0 Å². The standard InChI is InChI=1S/C19H17N3O/c1-13-10-20-9-8-16(13)19(23)22-11-15(12-22)18-7-6-14-4-2-3-5-17(14)21-18/h2-10,15H,11-12H2,1H3. The van der Waals surface area contributed by atoms with Gasteiger partial charge in [-0.2, -0.15) is 0 Å². The van der Waals surface area contributed by atoms with E-state index in [4.69, 9.17) is 4.98 Å². The van der Waals surface area contributed by atoms with Crippen molar-refractivity contribution in [3.8, 4) is 0 Å². The first kappa shape index (κ1) is 13.9. The Kier molecular flexibility index (Phi) is 3.30. The normalized spacial score (nSPS) is 14.7. The van der Waals surface area contributed by atoms with Gasteiger partial charge in [-0.3, -0.25) is 14.8 Å².